The minimum Gasteiger partial charge on any atom is -0.493 e. The first-order valence-electron chi connectivity index (χ1n) is 6.31. The van der Waals surface area contributed by atoms with Gasteiger partial charge in [-0.15, -0.1) is 0 Å². The molecule has 6 heteroatoms. The number of hydrazone groups is 1. The highest BCUT2D eigenvalue weighted by Gasteiger charge is 2.06. The normalized spacial score (nSPS) is 11.2. The quantitative estimate of drug-likeness (QED) is 0.496. The molecule has 0 spiro atoms. The van der Waals surface area contributed by atoms with Gasteiger partial charge in [0.05, 0.1) is 19.9 Å². The van der Waals surface area contributed by atoms with E-state index >= 15 is 0 Å². The molecule has 110 valence electrons. The molecule has 0 radical (unpaired) electrons. The molecule has 0 fully saturated rings. The van der Waals surface area contributed by atoms with Crippen LogP contribution in [0.15, 0.2) is 23.3 Å². The third-order valence-corrected chi connectivity index (χ3v) is 2.76. The van der Waals surface area contributed by atoms with Gasteiger partial charge in [-0.2, -0.15) is 5.10 Å². The molecule has 0 unspecified atom stereocenters. The fourth-order valence-corrected chi connectivity index (χ4v) is 1.84. The van der Waals surface area contributed by atoms with Gasteiger partial charge in [0, 0.05) is 11.6 Å². The molecule has 1 aromatic carbocycles. The van der Waals surface area contributed by atoms with Crippen LogP contribution in [0.5, 0.6) is 11.5 Å². The van der Waals surface area contributed by atoms with Crippen LogP contribution in [-0.4, -0.2) is 31.1 Å². The topological polar surface area (TPSA) is 54.9 Å². The van der Waals surface area contributed by atoms with Gasteiger partial charge in [0.25, 0.3) is 0 Å². The fraction of sp³-hybridized carbons (Fsp3) is 0.429. The van der Waals surface area contributed by atoms with Gasteiger partial charge in [-0.1, -0.05) is 0 Å². The number of rotatable bonds is 5. The first kappa shape index (κ1) is 16.2. The van der Waals surface area contributed by atoms with Crippen molar-refractivity contribution in [3.05, 3.63) is 23.8 Å². The number of nitrogens with zero attached hydrogens (tertiary/aromatic N) is 1. The summed E-state index contributed by atoms with van der Waals surface area (Å²) in [7, 11) is 3.21. The Balaban J connectivity index is 2.81. The van der Waals surface area contributed by atoms with Gasteiger partial charge >= 0.3 is 0 Å². The van der Waals surface area contributed by atoms with Crippen LogP contribution in [0.25, 0.3) is 0 Å². The van der Waals surface area contributed by atoms with Crippen molar-refractivity contribution in [2.24, 2.45) is 5.10 Å². The van der Waals surface area contributed by atoms with Crippen molar-refractivity contribution < 1.29 is 9.47 Å². The highest BCUT2D eigenvalue weighted by molar-refractivity contribution is 7.80. The molecule has 20 heavy (non-hydrogen) atoms. The number of thiocarbonyl (C=S) groups is 1. The first-order chi connectivity index (χ1) is 9.47. The van der Waals surface area contributed by atoms with E-state index in [0.717, 1.165) is 11.3 Å². The average molecular weight is 295 g/mol. The smallest absolute Gasteiger partial charge is 0.187 e. The summed E-state index contributed by atoms with van der Waals surface area (Å²) in [5, 5.41) is 7.80. The Labute approximate surface area is 125 Å². The van der Waals surface area contributed by atoms with E-state index in [1.54, 1.807) is 14.2 Å². The molecule has 2 N–H and O–H groups in total. The summed E-state index contributed by atoms with van der Waals surface area (Å²) in [6.07, 6.45) is 0. The molecule has 0 aliphatic heterocycles. The summed E-state index contributed by atoms with van der Waals surface area (Å²) >= 11 is 5.11. The predicted octanol–water partition coefficient (Wildman–Crippen LogP) is 2.30. The minimum atomic E-state index is 0.270. The molecule has 0 saturated carbocycles. The highest BCUT2D eigenvalue weighted by Crippen LogP contribution is 2.27. The Bertz CT molecular complexity index is 501. The Morgan fingerprint density at radius 1 is 1.20 bits per heavy atom. The zero-order valence-corrected chi connectivity index (χ0v) is 13.3. The van der Waals surface area contributed by atoms with Gasteiger partial charge in [-0.25, -0.2) is 0 Å². The fourth-order valence-electron chi connectivity index (χ4n) is 1.55. The molecule has 1 rings (SSSR count). The molecular weight excluding hydrogens is 274 g/mol. The number of benzene rings is 1. The van der Waals surface area contributed by atoms with Crippen molar-refractivity contribution in [1.82, 2.24) is 10.7 Å². The first-order valence-corrected chi connectivity index (χ1v) is 6.72. The molecule has 0 heterocycles. The minimum absolute atomic E-state index is 0.270. The summed E-state index contributed by atoms with van der Waals surface area (Å²) in [5.74, 6) is 1.36. The van der Waals surface area contributed by atoms with Gasteiger partial charge in [0.1, 0.15) is 0 Å². The molecule has 0 aliphatic carbocycles. The maximum atomic E-state index is 5.27. The van der Waals surface area contributed by atoms with Gasteiger partial charge in [0.15, 0.2) is 16.6 Å². The van der Waals surface area contributed by atoms with Crippen LogP contribution < -0.4 is 20.2 Å². The average Bonchev–Trinajstić information content (AvgIpc) is 2.43. The number of ether oxygens (including phenoxy) is 2. The van der Waals surface area contributed by atoms with Crippen LogP contribution in [0.1, 0.15) is 26.3 Å². The second-order valence-electron chi connectivity index (χ2n) is 4.51. The summed E-state index contributed by atoms with van der Waals surface area (Å²) < 4.78 is 10.5. The molecule has 5 nitrogen and oxygen atoms in total. The number of methoxy groups -OCH3 is 2. The van der Waals surface area contributed by atoms with Crippen LogP contribution in [-0.2, 0) is 0 Å². The van der Waals surface area contributed by atoms with E-state index in [0.29, 0.717) is 16.6 Å². The van der Waals surface area contributed by atoms with Gasteiger partial charge in [-0.05, 0) is 51.2 Å². The van der Waals surface area contributed by atoms with E-state index in [2.05, 4.69) is 15.8 Å². The van der Waals surface area contributed by atoms with Crippen molar-refractivity contribution in [2.45, 2.75) is 26.8 Å². The third kappa shape index (κ3) is 4.70. The molecular formula is C14H21N3O2S. The van der Waals surface area contributed by atoms with E-state index in [9.17, 15) is 0 Å². The van der Waals surface area contributed by atoms with Crippen molar-refractivity contribution in [1.29, 1.82) is 0 Å². The van der Waals surface area contributed by atoms with Crippen molar-refractivity contribution in [3.8, 4) is 11.5 Å². The summed E-state index contributed by atoms with van der Waals surface area (Å²) in [6.45, 7) is 5.92. The third-order valence-electron chi connectivity index (χ3n) is 2.55. The van der Waals surface area contributed by atoms with Crippen LogP contribution in [0, 0.1) is 0 Å². The van der Waals surface area contributed by atoms with Gasteiger partial charge in [-0.3, -0.25) is 5.43 Å². The number of hydrogen-bond donors (Lipinski definition) is 2. The summed E-state index contributed by atoms with van der Waals surface area (Å²) in [4.78, 5) is 0. The molecule has 0 aliphatic rings. The molecule has 0 bridgehead atoms. The van der Waals surface area contributed by atoms with Crippen LogP contribution >= 0.6 is 12.2 Å². The Morgan fingerprint density at radius 2 is 1.85 bits per heavy atom. The lowest BCUT2D eigenvalue weighted by Gasteiger charge is -2.11. The maximum Gasteiger partial charge on any atom is 0.187 e. The Morgan fingerprint density at radius 3 is 2.40 bits per heavy atom. The zero-order chi connectivity index (χ0) is 15.1. The van der Waals surface area contributed by atoms with Crippen LogP contribution in [0.4, 0.5) is 0 Å². The van der Waals surface area contributed by atoms with E-state index in [-0.39, 0.29) is 6.04 Å². The number of hydrogen-bond acceptors (Lipinski definition) is 4. The highest BCUT2D eigenvalue weighted by atomic mass is 32.1. The predicted molar refractivity (Wildman–Crippen MR) is 85.8 cm³/mol. The molecule has 1 aromatic rings. The second-order valence-corrected chi connectivity index (χ2v) is 4.92. The summed E-state index contributed by atoms with van der Waals surface area (Å²) in [6, 6.07) is 5.91. The SMILES string of the molecule is COc1ccc(/C(C)=N/NC(=S)NC(C)C)cc1OC. The van der Waals surface area contributed by atoms with Gasteiger partial charge in [0.2, 0.25) is 0 Å². The second kappa shape index (κ2) is 7.69. The van der Waals surface area contributed by atoms with E-state index in [4.69, 9.17) is 21.7 Å². The van der Waals surface area contributed by atoms with E-state index in [1.807, 2.05) is 39.0 Å². The van der Waals surface area contributed by atoms with Crippen molar-refractivity contribution in [2.75, 3.05) is 14.2 Å². The Hall–Kier alpha value is -1.82. The largest absolute Gasteiger partial charge is 0.493 e. The van der Waals surface area contributed by atoms with Crippen molar-refractivity contribution >= 4 is 23.0 Å². The van der Waals surface area contributed by atoms with Gasteiger partial charge < -0.3 is 14.8 Å². The Kier molecular flexibility index (Phi) is 6.24. The van der Waals surface area contributed by atoms with E-state index < -0.39 is 0 Å². The lowest BCUT2D eigenvalue weighted by Crippen LogP contribution is -2.37. The lowest BCUT2D eigenvalue weighted by molar-refractivity contribution is 0.355. The lowest BCUT2D eigenvalue weighted by atomic mass is 10.1. The molecule has 0 amide bonds. The van der Waals surface area contributed by atoms with Crippen molar-refractivity contribution in [3.63, 3.8) is 0 Å². The standard InChI is InChI=1S/C14H21N3O2S/c1-9(2)15-14(20)17-16-10(3)11-6-7-12(18-4)13(8-11)19-5/h6-9H,1-5H3,(H2,15,17,20)/b16-10+. The molecule has 0 atom stereocenters. The molecule has 0 aromatic heterocycles. The maximum absolute atomic E-state index is 5.27. The van der Waals surface area contributed by atoms with Crippen LogP contribution in [0.2, 0.25) is 0 Å². The summed E-state index contributed by atoms with van der Waals surface area (Å²) in [5.41, 5.74) is 4.55. The zero-order valence-electron chi connectivity index (χ0n) is 12.5. The van der Waals surface area contributed by atoms with Crippen LogP contribution in [0.3, 0.4) is 0 Å². The monoisotopic (exact) mass is 295 g/mol. The molecule has 0 saturated heterocycles. The number of nitrogens with one attached hydrogen (secondary N) is 2. The van der Waals surface area contributed by atoms with E-state index in [1.165, 1.54) is 0 Å².